The zero-order valence-electron chi connectivity index (χ0n) is 11.0. The van der Waals surface area contributed by atoms with Gasteiger partial charge in [-0.15, -0.1) is 0 Å². The molecular weight excluding hydrogens is 226 g/mol. The first-order valence-electron chi connectivity index (χ1n) is 6.46. The lowest BCUT2D eigenvalue weighted by atomic mass is 9.94. The molecule has 0 radical (unpaired) electrons. The van der Waals surface area contributed by atoms with Crippen LogP contribution in [0.3, 0.4) is 0 Å². The van der Waals surface area contributed by atoms with Crippen LogP contribution in [-0.2, 0) is 4.79 Å². The van der Waals surface area contributed by atoms with Gasteiger partial charge in [-0.25, -0.2) is 0 Å². The van der Waals surface area contributed by atoms with Crippen LogP contribution in [0.4, 0.5) is 0 Å². The van der Waals surface area contributed by atoms with Gasteiger partial charge in [0.2, 0.25) is 0 Å². The Morgan fingerprint density at radius 3 is 2.56 bits per heavy atom. The highest BCUT2D eigenvalue weighted by Crippen LogP contribution is 2.16. The quantitative estimate of drug-likeness (QED) is 0.870. The van der Waals surface area contributed by atoms with E-state index < -0.39 is 0 Å². The van der Waals surface area contributed by atoms with Crippen molar-refractivity contribution >= 4 is 11.7 Å². The maximum absolute atomic E-state index is 12.2. The maximum atomic E-state index is 12.2. The van der Waals surface area contributed by atoms with E-state index in [-0.39, 0.29) is 11.9 Å². The number of nitrogens with one attached hydrogen (secondary N) is 1. The Hall–Kier alpha value is -1.64. The molecule has 1 aromatic rings. The molecule has 0 aliphatic heterocycles. The van der Waals surface area contributed by atoms with Crippen molar-refractivity contribution in [3.8, 4) is 0 Å². The molecule has 1 aromatic carbocycles. The summed E-state index contributed by atoms with van der Waals surface area (Å²) in [5.41, 5.74) is 2.82. The second-order valence-corrected chi connectivity index (χ2v) is 5.10. The zero-order chi connectivity index (χ0) is 13.1. The summed E-state index contributed by atoms with van der Waals surface area (Å²) in [7, 11) is 0. The zero-order valence-corrected chi connectivity index (χ0v) is 11.0. The third-order valence-corrected chi connectivity index (χ3v) is 3.52. The van der Waals surface area contributed by atoms with E-state index in [1.165, 1.54) is 0 Å². The van der Waals surface area contributed by atoms with Gasteiger partial charge in [0.15, 0.2) is 0 Å². The van der Waals surface area contributed by atoms with Crippen LogP contribution in [0.25, 0.3) is 0 Å². The van der Waals surface area contributed by atoms with E-state index in [4.69, 9.17) is 0 Å². The second kappa shape index (κ2) is 5.34. The normalized spacial score (nSPS) is 16.7. The Morgan fingerprint density at radius 2 is 1.89 bits per heavy atom. The summed E-state index contributed by atoms with van der Waals surface area (Å²) in [5.74, 6) is 0.294. The van der Waals surface area contributed by atoms with Crippen LogP contribution in [0.5, 0.6) is 0 Å². The molecule has 0 heterocycles. The number of ketones is 1. The van der Waals surface area contributed by atoms with Crippen molar-refractivity contribution in [1.82, 2.24) is 5.32 Å². The molecule has 96 valence electrons. The van der Waals surface area contributed by atoms with E-state index in [0.717, 1.165) is 29.5 Å². The van der Waals surface area contributed by atoms with Crippen molar-refractivity contribution in [3.63, 3.8) is 0 Å². The van der Waals surface area contributed by atoms with E-state index in [1.54, 1.807) is 0 Å². The Balaban J connectivity index is 2.03. The summed E-state index contributed by atoms with van der Waals surface area (Å²) in [5, 5.41) is 3.03. The molecule has 1 amide bonds. The van der Waals surface area contributed by atoms with Crippen molar-refractivity contribution in [1.29, 1.82) is 0 Å². The molecule has 3 heteroatoms. The standard InChI is InChI=1S/C15H19NO2/c1-10-3-4-11(2)14(9-10)15(18)16-12-5-7-13(17)8-6-12/h3-4,9,12H,5-8H2,1-2H3,(H,16,18). The maximum Gasteiger partial charge on any atom is 0.251 e. The third kappa shape index (κ3) is 2.97. The molecule has 1 N–H and O–H groups in total. The molecule has 3 nitrogen and oxygen atoms in total. The lowest BCUT2D eigenvalue weighted by molar-refractivity contribution is -0.120. The van der Waals surface area contributed by atoms with Crippen molar-refractivity contribution in [2.45, 2.75) is 45.6 Å². The van der Waals surface area contributed by atoms with E-state index in [9.17, 15) is 9.59 Å². The van der Waals surface area contributed by atoms with Crippen LogP contribution < -0.4 is 5.32 Å². The lowest BCUT2D eigenvalue weighted by Crippen LogP contribution is -2.38. The molecule has 0 unspecified atom stereocenters. The number of rotatable bonds is 2. The summed E-state index contributed by atoms with van der Waals surface area (Å²) in [6.45, 7) is 3.92. The smallest absolute Gasteiger partial charge is 0.251 e. The highest BCUT2D eigenvalue weighted by atomic mass is 16.1. The predicted octanol–water partition coefficient (Wildman–Crippen LogP) is 2.54. The largest absolute Gasteiger partial charge is 0.349 e. The Bertz CT molecular complexity index is 469. The summed E-state index contributed by atoms with van der Waals surface area (Å²) >= 11 is 0. The predicted molar refractivity (Wildman–Crippen MR) is 70.6 cm³/mol. The number of aryl methyl sites for hydroxylation is 2. The molecule has 0 aromatic heterocycles. The van der Waals surface area contributed by atoms with Crippen LogP contribution in [0.2, 0.25) is 0 Å². The monoisotopic (exact) mass is 245 g/mol. The number of carbonyl (C=O) groups is 2. The van der Waals surface area contributed by atoms with Gasteiger partial charge in [-0.05, 0) is 38.3 Å². The molecule has 0 spiro atoms. The number of benzene rings is 1. The summed E-state index contributed by atoms with van der Waals surface area (Å²) in [6, 6.07) is 6.04. The van der Waals surface area contributed by atoms with Crippen LogP contribution >= 0.6 is 0 Å². The molecule has 0 atom stereocenters. The minimum atomic E-state index is -0.0180. The van der Waals surface area contributed by atoms with Crippen LogP contribution in [0, 0.1) is 13.8 Å². The van der Waals surface area contributed by atoms with E-state index in [1.807, 2.05) is 32.0 Å². The minimum Gasteiger partial charge on any atom is -0.349 e. The van der Waals surface area contributed by atoms with Crippen molar-refractivity contribution in [2.24, 2.45) is 0 Å². The van der Waals surface area contributed by atoms with E-state index >= 15 is 0 Å². The highest BCUT2D eigenvalue weighted by Gasteiger charge is 2.21. The first-order chi connectivity index (χ1) is 8.56. The topological polar surface area (TPSA) is 46.2 Å². The third-order valence-electron chi connectivity index (χ3n) is 3.52. The summed E-state index contributed by atoms with van der Waals surface area (Å²) in [6.07, 6.45) is 2.74. The Morgan fingerprint density at radius 1 is 1.22 bits per heavy atom. The second-order valence-electron chi connectivity index (χ2n) is 5.10. The number of hydrogen-bond donors (Lipinski definition) is 1. The fourth-order valence-corrected chi connectivity index (χ4v) is 2.33. The molecule has 0 saturated heterocycles. The highest BCUT2D eigenvalue weighted by molar-refractivity contribution is 5.96. The minimum absolute atomic E-state index is 0.0180. The van der Waals surface area contributed by atoms with Crippen molar-refractivity contribution < 1.29 is 9.59 Å². The first-order valence-corrected chi connectivity index (χ1v) is 6.46. The van der Waals surface area contributed by atoms with Crippen LogP contribution in [0.15, 0.2) is 18.2 Å². The average Bonchev–Trinajstić information content (AvgIpc) is 2.35. The molecule has 1 saturated carbocycles. The van der Waals surface area contributed by atoms with E-state index in [2.05, 4.69) is 5.32 Å². The van der Waals surface area contributed by atoms with Gasteiger partial charge in [-0.1, -0.05) is 17.7 Å². The Labute approximate surface area is 108 Å². The van der Waals surface area contributed by atoms with Gasteiger partial charge < -0.3 is 5.32 Å². The fraction of sp³-hybridized carbons (Fsp3) is 0.467. The van der Waals surface area contributed by atoms with Gasteiger partial charge in [0.1, 0.15) is 5.78 Å². The van der Waals surface area contributed by atoms with Crippen LogP contribution in [0.1, 0.15) is 47.2 Å². The van der Waals surface area contributed by atoms with Gasteiger partial charge in [0.05, 0.1) is 0 Å². The molecule has 2 rings (SSSR count). The summed E-state index contributed by atoms with van der Waals surface area (Å²) < 4.78 is 0. The SMILES string of the molecule is Cc1ccc(C)c(C(=O)NC2CCC(=O)CC2)c1. The fourth-order valence-electron chi connectivity index (χ4n) is 2.33. The van der Waals surface area contributed by atoms with Gasteiger partial charge in [0, 0.05) is 24.4 Å². The lowest BCUT2D eigenvalue weighted by Gasteiger charge is -2.22. The molecule has 18 heavy (non-hydrogen) atoms. The number of carbonyl (C=O) groups excluding carboxylic acids is 2. The van der Waals surface area contributed by atoms with Gasteiger partial charge in [-0.3, -0.25) is 9.59 Å². The van der Waals surface area contributed by atoms with E-state index in [0.29, 0.717) is 18.6 Å². The van der Waals surface area contributed by atoms with Crippen molar-refractivity contribution in [3.05, 3.63) is 34.9 Å². The molecule has 1 aliphatic rings. The van der Waals surface area contributed by atoms with Gasteiger partial charge in [0.25, 0.3) is 5.91 Å². The Kier molecular flexibility index (Phi) is 3.80. The molecule has 0 bridgehead atoms. The average molecular weight is 245 g/mol. The van der Waals surface area contributed by atoms with Gasteiger partial charge >= 0.3 is 0 Å². The molecule has 1 aliphatic carbocycles. The molecule has 1 fully saturated rings. The number of hydrogen-bond acceptors (Lipinski definition) is 2. The van der Waals surface area contributed by atoms with Gasteiger partial charge in [-0.2, -0.15) is 0 Å². The number of amides is 1. The number of Topliss-reactive ketones (excluding diaryl/α,β-unsaturated/α-hetero) is 1. The first kappa shape index (κ1) is 12.8. The van der Waals surface area contributed by atoms with Crippen LogP contribution in [-0.4, -0.2) is 17.7 Å². The van der Waals surface area contributed by atoms with Crippen molar-refractivity contribution in [2.75, 3.05) is 0 Å². The summed E-state index contributed by atoms with van der Waals surface area (Å²) in [4.78, 5) is 23.3. The molecular formula is C15H19NO2.